The molecule has 0 unspecified atom stereocenters. The van der Waals surface area contributed by atoms with Crippen molar-refractivity contribution in [1.29, 1.82) is 0 Å². The second kappa shape index (κ2) is 3.44. The maximum absolute atomic E-state index is 11.1. The molecule has 1 aromatic heterocycles. The van der Waals surface area contributed by atoms with Crippen LogP contribution in [0.3, 0.4) is 0 Å². The molecule has 16 heavy (non-hydrogen) atoms. The van der Waals surface area contributed by atoms with Gasteiger partial charge in [0.2, 0.25) is 0 Å². The molecule has 0 saturated carbocycles. The molecule has 82 valence electrons. The third kappa shape index (κ3) is 1.29. The van der Waals surface area contributed by atoms with Gasteiger partial charge in [-0.15, -0.1) is 0 Å². The highest BCUT2D eigenvalue weighted by Crippen LogP contribution is 2.32. The largest absolute Gasteiger partial charge is 0.287 e. The van der Waals surface area contributed by atoms with Crippen molar-refractivity contribution in [3.63, 3.8) is 0 Å². The highest BCUT2D eigenvalue weighted by atomic mass is 16.6. The van der Waals surface area contributed by atoms with E-state index in [-0.39, 0.29) is 10.6 Å². The molecule has 0 aliphatic heterocycles. The van der Waals surface area contributed by atoms with Gasteiger partial charge in [0.05, 0.1) is 21.7 Å². The molecular weight excluding hydrogens is 206 g/mol. The Bertz CT molecular complexity index is 599. The number of benzene rings is 1. The zero-order valence-electron chi connectivity index (χ0n) is 9.10. The third-order valence-corrected chi connectivity index (χ3v) is 2.60. The van der Waals surface area contributed by atoms with Gasteiger partial charge in [-0.05, 0) is 19.1 Å². The van der Waals surface area contributed by atoms with E-state index >= 15 is 0 Å². The first kappa shape index (κ1) is 10.4. The smallest absolute Gasteiger partial charge is 0.267 e. The maximum atomic E-state index is 11.1. The van der Waals surface area contributed by atoms with E-state index in [2.05, 4.69) is 11.7 Å². The van der Waals surface area contributed by atoms with Crippen molar-refractivity contribution in [3.05, 3.63) is 40.1 Å². The summed E-state index contributed by atoms with van der Waals surface area (Å²) in [5, 5.41) is 15.9. The number of hydrogen-bond donors (Lipinski definition) is 0. The monoisotopic (exact) mass is 217 g/mol. The second-order valence-electron chi connectivity index (χ2n) is 3.57. The number of nitrogens with zero attached hydrogens (tertiary/aromatic N) is 3. The summed E-state index contributed by atoms with van der Waals surface area (Å²) in [7, 11) is 1.77. The highest BCUT2D eigenvalue weighted by Gasteiger charge is 2.21. The van der Waals surface area contributed by atoms with Crippen molar-refractivity contribution in [2.24, 2.45) is 7.05 Å². The van der Waals surface area contributed by atoms with Crippen molar-refractivity contribution >= 4 is 22.7 Å². The van der Waals surface area contributed by atoms with Crippen LogP contribution in [-0.2, 0) is 7.05 Å². The highest BCUT2D eigenvalue weighted by molar-refractivity contribution is 5.94. The average Bonchev–Trinajstić information content (AvgIpc) is 2.53. The first-order valence-electron chi connectivity index (χ1n) is 4.79. The van der Waals surface area contributed by atoms with Gasteiger partial charge in [0.25, 0.3) is 5.69 Å². The number of nitro benzene ring substituents is 1. The lowest BCUT2D eigenvalue weighted by Gasteiger charge is -2.00. The van der Waals surface area contributed by atoms with Gasteiger partial charge in [-0.1, -0.05) is 12.7 Å². The van der Waals surface area contributed by atoms with Crippen LogP contribution in [0.4, 0.5) is 5.69 Å². The molecule has 0 bridgehead atoms. The Balaban J connectivity index is 2.99. The lowest BCUT2D eigenvalue weighted by atomic mass is 10.1. The van der Waals surface area contributed by atoms with E-state index in [0.29, 0.717) is 16.6 Å². The lowest BCUT2D eigenvalue weighted by molar-refractivity contribution is -0.383. The molecular formula is C11H11N3O2. The topological polar surface area (TPSA) is 61.0 Å². The number of fused-ring (bicyclic) bond motifs is 1. The van der Waals surface area contributed by atoms with Crippen LogP contribution in [0.2, 0.25) is 0 Å². The Morgan fingerprint density at radius 1 is 1.56 bits per heavy atom. The van der Waals surface area contributed by atoms with Gasteiger partial charge in [-0.25, -0.2) is 0 Å². The summed E-state index contributed by atoms with van der Waals surface area (Å²) in [4.78, 5) is 10.7. The van der Waals surface area contributed by atoms with Gasteiger partial charge in [-0.2, -0.15) is 5.10 Å². The fourth-order valence-corrected chi connectivity index (χ4v) is 1.91. The number of aryl methyl sites for hydroxylation is 2. The summed E-state index contributed by atoms with van der Waals surface area (Å²) in [6.07, 6.45) is 1.49. The molecule has 0 aliphatic carbocycles. The molecule has 2 aromatic rings. The Labute approximate surface area is 92.1 Å². The van der Waals surface area contributed by atoms with E-state index in [1.165, 1.54) is 6.08 Å². The molecule has 0 aliphatic rings. The molecule has 0 saturated heterocycles. The average molecular weight is 217 g/mol. The van der Waals surface area contributed by atoms with Crippen molar-refractivity contribution in [2.75, 3.05) is 0 Å². The van der Waals surface area contributed by atoms with Gasteiger partial charge in [-0.3, -0.25) is 14.8 Å². The molecule has 0 radical (unpaired) electrons. The Morgan fingerprint density at radius 3 is 2.81 bits per heavy atom. The molecule has 5 heteroatoms. The van der Waals surface area contributed by atoms with Crippen LogP contribution in [0.15, 0.2) is 18.7 Å². The SMILES string of the molecule is C=Cc1ccc2c(c(C)nn2C)c1[N+](=O)[O-]. The van der Waals surface area contributed by atoms with Crippen molar-refractivity contribution < 1.29 is 4.92 Å². The lowest BCUT2D eigenvalue weighted by Crippen LogP contribution is -1.94. The Hall–Kier alpha value is -2.17. The molecule has 0 fully saturated rings. The zero-order valence-corrected chi connectivity index (χ0v) is 9.10. The number of hydrogen-bond acceptors (Lipinski definition) is 3. The van der Waals surface area contributed by atoms with E-state index in [4.69, 9.17) is 0 Å². The van der Waals surface area contributed by atoms with Gasteiger partial charge < -0.3 is 0 Å². The predicted octanol–water partition coefficient (Wildman–Crippen LogP) is 2.43. The van der Waals surface area contributed by atoms with Crippen molar-refractivity contribution in [1.82, 2.24) is 9.78 Å². The fraction of sp³-hybridized carbons (Fsp3) is 0.182. The normalized spacial score (nSPS) is 10.6. The van der Waals surface area contributed by atoms with Gasteiger partial charge in [0, 0.05) is 7.05 Å². The third-order valence-electron chi connectivity index (χ3n) is 2.60. The summed E-state index contributed by atoms with van der Waals surface area (Å²) < 4.78 is 1.64. The predicted molar refractivity (Wildman–Crippen MR) is 62.2 cm³/mol. The molecule has 5 nitrogen and oxygen atoms in total. The minimum Gasteiger partial charge on any atom is -0.267 e. The fourth-order valence-electron chi connectivity index (χ4n) is 1.91. The van der Waals surface area contributed by atoms with Crippen LogP contribution in [-0.4, -0.2) is 14.7 Å². The minimum atomic E-state index is -0.381. The number of rotatable bonds is 2. The van der Waals surface area contributed by atoms with E-state index in [1.54, 1.807) is 24.7 Å². The molecule has 1 aromatic carbocycles. The Morgan fingerprint density at radius 2 is 2.25 bits per heavy atom. The summed E-state index contributed by atoms with van der Waals surface area (Å²) in [6, 6.07) is 3.51. The van der Waals surface area contributed by atoms with Crippen LogP contribution in [0.25, 0.3) is 17.0 Å². The summed E-state index contributed by atoms with van der Waals surface area (Å²) in [5.41, 5.74) is 2.02. The van der Waals surface area contributed by atoms with Crippen LogP contribution >= 0.6 is 0 Å². The van der Waals surface area contributed by atoms with Gasteiger partial charge in [0.15, 0.2) is 0 Å². The first-order valence-corrected chi connectivity index (χ1v) is 4.79. The van der Waals surface area contributed by atoms with Crippen LogP contribution in [0.5, 0.6) is 0 Å². The van der Waals surface area contributed by atoms with Crippen LogP contribution in [0, 0.1) is 17.0 Å². The van der Waals surface area contributed by atoms with E-state index in [1.807, 2.05) is 6.07 Å². The van der Waals surface area contributed by atoms with E-state index in [9.17, 15) is 10.1 Å². The van der Waals surface area contributed by atoms with Crippen LogP contribution in [0.1, 0.15) is 11.3 Å². The Kier molecular flexibility index (Phi) is 2.23. The minimum absolute atomic E-state index is 0.0816. The summed E-state index contributed by atoms with van der Waals surface area (Å²) in [6.45, 7) is 5.35. The van der Waals surface area contributed by atoms with Gasteiger partial charge >= 0.3 is 0 Å². The number of aromatic nitrogens is 2. The van der Waals surface area contributed by atoms with Crippen molar-refractivity contribution in [2.45, 2.75) is 6.92 Å². The molecule has 0 amide bonds. The molecule has 0 atom stereocenters. The van der Waals surface area contributed by atoms with E-state index in [0.717, 1.165) is 5.52 Å². The molecule has 0 N–H and O–H groups in total. The molecule has 2 rings (SSSR count). The second-order valence-corrected chi connectivity index (χ2v) is 3.57. The standard InChI is InChI=1S/C11H11N3O2/c1-4-8-5-6-9-10(11(8)14(15)16)7(2)12-13(9)3/h4-6H,1H2,2-3H3. The summed E-state index contributed by atoms with van der Waals surface area (Å²) >= 11 is 0. The maximum Gasteiger partial charge on any atom is 0.287 e. The van der Waals surface area contributed by atoms with Crippen molar-refractivity contribution in [3.8, 4) is 0 Å². The summed E-state index contributed by atoms with van der Waals surface area (Å²) in [5.74, 6) is 0. The van der Waals surface area contributed by atoms with Crippen LogP contribution < -0.4 is 0 Å². The molecule has 1 heterocycles. The number of nitro groups is 1. The quantitative estimate of drug-likeness (QED) is 0.573. The first-order chi connectivity index (χ1) is 7.56. The zero-order chi connectivity index (χ0) is 11.9. The molecule has 0 spiro atoms. The van der Waals surface area contributed by atoms with Gasteiger partial charge in [0.1, 0.15) is 5.39 Å². The van der Waals surface area contributed by atoms with E-state index < -0.39 is 0 Å².